The largest absolute Gasteiger partial charge is 0.494 e. The molecule has 1 saturated heterocycles. The van der Waals surface area contributed by atoms with Crippen molar-refractivity contribution >= 4 is 18.0 Å². The summed E-state index contributed by atoms with van der Waals surface area (Å²) in [6.45, 7) is 5.98. The summed E-state index contributed by atoms with van der Waals surface area (Å²) in [6, 6.07) is 7.27. The molecule has 1 fully saturated rings. The summed E-state index contributed by atoms with van der Waals surface area (Å²) in [5.74, 6) is -1.79. The van der Waals surface area contributed by atoms with E-state index in [1.54, 1.807) is 12.1 Å². The Morgan fingerprint density at radius 1 is 0.857 bits per heavy atom. The van der Waals surface area contributed by atoms with Crippen LogP contribution >= 0.6 is 0 Å². The minimum absolute atomic E-state index is 0.105. The molecule has 154 valence electrons. The second-order valence-electron chi connectivity index (χ2n) is 7.63. The molecule has 0 saturated carbocycles. The normalized spacial score (nSPS) is 15.8. The third-order valence-electron chi connectivity index (χ3n) is 4.57. The molecule has 5 nitrogen and oxygen atoms in total. The summed E-state index contributed by atoms with van der Waals surface area (Å²) in [5, 5.41) is 0. The lowest BCUT2D eigenvalue weighted by atomic mass is 10.1. The van der Waals surface area contributed by atoms with Crippen LogP contribution < -0.4 is 4.74 Å². The number of benzene rings is 1. The summed E-state index contributed by atoms with van der Waals surface area (Å²) >= 11 is 0. The summed E-state index contributed by atoms with van der Waals surface area (Å²) in [6.07, 6.45) is 11.6. The van der Waals surface area contributed by atoms with E-state index in [0.29, 0.717) is 12.2 Å². The first-order valence-corrected chi connectivity index (χ1v) is 10.3. The van der Waals surface area contributed by atoms with Gasteiger partial charge in [0.1, 0.15) is 11.3 Å². The van der Waals surface area contributed by atoms with Crippen molar-refractivity contribution in [3.05, 3.63) is 35.4 Å². The lowest BCUT2D eigenvalue weighted by molar-refractivity contribution is -0.222. The van der Waals surface area contributed by atoms with Crippen LogP contribution in [0.5, 0.6) is 5.75 Å². The molecule has 0 unspecified atom stereocenters. The van der Waals surface area contributed by atoms with Crippen LogP contribution in [0.1, 0.15) is 77.7 Å². The number of carbonyl (C=O) groups is 2. The van der Waals surface area contributed by atoms with Crippen LogP contribution in [-0.2, 0) is 19.1 Å². The summed E-state index contributed by atoms with van der Waals surface area (Å²) in [4.78, 5) is 24.0. The molecule has 0 radical (unpaired) electrons. The quantitative estimate of drug-likeness (QED) is 0.219. The lowest BCUT2D eigenvalue weighted by Crippen LogP contribution is -2.41. The predicted octanol–water partition coefficient (Wildman–Crippen LogP) is 5.43. The minimum Gasteiger partial charge on any atom is -0.494 e. The average Bonchev–Trinajstić information content (AvgIpc) is 2.64. The number of carbonyl (C=O) groups excluding carboxylic acids is 2. The van der Waals surface area contributed by atoms with Gasteiger partial charge in [-0.05, 0) is 30.2 Å². The highest BCUT2D eigenvalue weighted by Crippen LogP contribution is 2.24. The Labute approximate surface area is 168 Å². The van der Waals surface area contributed by atoms with Gasteiger partial charge in [0.2, 0.25) is 0 Å². The maximum atomic E-state index is 12.0. The highest BCUT2D eigenvalue weighted by molar-refractivity contribution is 6.18. The molecular formula is C23H32O5. The van der Waals surface area contributed by atoms with Gasteiger partial charge in [-0.3, -0.25) is 0 Å². The van der Waals surface area contributed by atoms with E-state index in [-0.39, 0.29) is 5.57 Å². The Hall–Kier alpha value is -2.30. The molecule has 0 N–H and O–H groups in total. The van der Waals surface area contributed by atoms with Crippen molar-refractivity contribution in [2.24, 2.45) is 0 Å². The van der Waals surface area contributed by atoms with E-state index in [4.69, 9.17) is 14.2 Å². The molecule has 0 bridgehead atoms. The van der Waals surface area contributed by atoms with Crippen LogP contribution in [0.4, 0.5) is 0 Å². The third kappa shape index (κ3) is 7.37. The number of rotatable bonds is 11. The van der Waals surface area contributed by atoms with Gasteiger partial charge in [-0.1, -0.05) is 64.0 Å². The zero-order valence-corrected chi connectivity index (χ0v) is 17.3. The van der Waals surface area contributed by atoms with Gasteiger partial charge in [-0.25, -0.2) is 9.59 Å². The lowest BCUT2D eigenvalue weighted by Gasteiger charge is -2.29. The minimum atomic E-state index is -1.22. The molecule has 0 amide bonds. The number of esters is 2. The second kappa shape index (κ2) is 10.9. The molecule has 1 aliphatic heterocycles. The second-order valence-corrected chi connectivity index (χ2v) is 7.63. The van der Waals surface area contributed by atoms with E-state index < -0.39 is 17.7 Å². The topological polar surface area (TPSA) is 61.8 Å². The van der Waals surface area contributed by atoms with Crippen LogP contribution in [0, 0.1) is 0 Å². The predicted molar refractivity (Wildman–Crippen MR) is 109 cm³/mol. The van der Waals surface area contributed by atoms with Gasteiger partial charge in [-0.2, -0.15) is 0 Å². The van der Waals surface area contributed by atoms with E-state index in [1.165, 1.54) is 64.9 Å². The van der Waals surface area contributed by atoms with Gasteiger partial charge in [-0.15, -0.1) is 0 Å². The van der Waals surface area contributed by atoms with Crippen molar-refractivity contribution in [3.63, 3.8) is 0 Å². The monoisotopic (exact) mass is 388 g/mol. The summed E-state index contributed by atoms with van der Waals surface area (Å²) in [7, 11) is 0. The van der Waals surface area contributed by atoms with E-state index in [0.717, 1.165) is 12.2 Å². The molecule has 2 rings (SSSR count). The van der Waals surface area contributed by atoms with Crippen molar-refractivity contribution in [2.75, 3.05) is 6.61 Å². The number of ether oxygens (including phenoxy) is 3. The number of hydrogen-bond acceptors (Lipinski definition) is 5. The molecule has 0 spiro atoms. The van der Waals surface area contributed by atoms with Gasteiger partial charge in [0.05, 0.1) is 6.61 Å². The maximum absolute atomic E-state index is 12.0. The molecule has 0 aliphatic carbocycles. The van der Waals surface area contributed by atoms with Crippen LogP contribution in [0.3, 0.4) is 0 Å². The number of hydrogen-bond donors (Lipinski definition) is 0. The van der Waals surface area contributed by atoms with Gasteiger partial charge < -0.3 is 14.2 Å². The highest BCUT2D eigenvalue weighted by Gasteiger charge is 2.38. The fourth-order valence-electron chi connectivity index (χ4n) is 3.03. The first-order chi connectivity index (χ1) is 13.4. The van der Waals surface area contributed by atoms with Crippen LogP contribution in [0.2, 0.25) is 0 Å². The van der Waals surface area contributed by atoms with Crippen molar-refractivity contribution in [2.45, 2.75) is 77.9 Å². The van der Waals surface area contributed by atoms with Gasteiger partial charge in [0, 0.05) is 13.8 Å². The Bertz CT molecular complexity index is 651. The van der Waals surface area contributed by atoms with Crippen LogP contribution in [0.15, 0.2) is 29.8 Å². The fourth-order valence-corrected chi connectivity index (χ4v) is 3.03. The molecule has 1 aromatic rings. The molecule has 1 heterocycles. The molecule has 1 aromatic carbocycles. The Morgan fingerprint density at radius 3 is 1.96 bits per heavy atom. The summed E-state index contributed by atoms with van der Waals surface area (Å²) in [5.41, 5.74) is 0.606. The molecule has 1 aliphatic rings. The van der Waals surface area contributed by atoms with Crippen molar-refractivity contribution in [3.8, 4) is 5.75 Å². The molecular weight excluding hydrogens is 356 g/mol. The number of cyclic esters (lactones) is 2. The highest BCUT2D eigenvalue weighted by atomic mass is 16.7. The fraction of sp³-hybridized carbons (Fsp3) is 0.565. The SMILES string of the molecule is CCCCCCCCCCOc1ccc(C=C2C(=O)OC(C)(C)OC2=O)cc1. The van der Waals surface area contributed by atoms with Crippen LogP contribution in [-0.4, -0.2) is 24.3 Å². The van der Waals surface area contributed by atoms with Crippen molar-refractivity contribution in [1.82, 2.24) is 0 Å². The zero-order valence-electron chi connectivity index (χ0n) is 17.3. The van der Waals surface area contributed by atoms with Crippen molar-refractivity contribution < 1.29 is 23.8 Å². The Balaban J connectivity index is 1.73. The smallest absolute Gasteiger partial charge is 0.348 e. The van der Waals surface area contributed by atoms with Crippen molar-refractivity contribution in [1.29, 1.82) is 0 Å². The van der Waals surface area contributed by atoms with E-state index >= 15 is 0 Å². The molecule has 28 heavy (non-hydrogen) atoms. The van der Waals surface area contributed by atoms with Crippen LogP contribution in [0.25, 0.3) is 6.08 Å². The van der Waals surface area contributed by atoms with Gasteiger partial charge >= 0.3 is 11.9 Å². The van der Waals surface area contributed by atoms with E-state index in [2.05, 4.69) is 6.92 Å². The Morgan fingerprint density at radius 2 is 1.39 bits per heavy atom. The first-order valence-electron chi connectivity index (χ1n) is 10.3. The maximum Gasteiger partial charge on any atom is 0.348 e. The number of unbranched alkanes of at least 4 members (excludes halogenated alkanes) is 7. The van der Waals surface area contributed by atoms with Gasteiger partial charge in [0.15, 0.2) is 0 Å². The zero-order chi connectivity index (χ0) is 20.4. The average molecular weight is 389 g/mol. The van der Waals surface area contributed by atoms with Gasteiger partial charge in [0.25, 0.3) is 5.79 Å². The first kappa shape index (κ1) is 22.0. The van der Waals surface area contributed by atoms with E-state index in [1.807, 2.05) is 12.1 Å². The summed E-state index contributed by atoms with van der Waals surface area (Å²) < 4.78 is 15.9. The molecule has 0 atom stereocenters. The molecule has 5 heteroatoms. The molecule has 0 aromatic heterocycles. The Kier molecular flexibility index (Phi) is 8.55. The van der Waals surface area contributed by atoms with E-state index in [9.17, 15) is 9.59 Å². The standard InChI is InChI=1S/C23H32O5/c1-4-5-6-7-8-9-10-11-16-26-19-14-12-18(13-15-19)17-20-21(24)27-23(2,3)28-22(20)25/h12-15,17H,4-11,16H2,1-3H3. The third-order valence-corrected chi connectivity index (χ3v) is 4.57.